The van der Waals surface area contributed by atoms with Crippen molar-refractivity contribution in [1.29, 1.82) is 0 Å². The first kappa shape index (κ1) is 11.6. The highest BCUT2D eigenvalue weighted by Crippen LogP contribution is 2.16. The molecule has 1 saturated heterocycles. The Labute approximate surface area is 96.3 Å². The summed E-state index contributed by atoms with van der Waals surface area (Å²) < 4.78 is 25.9. The minimum atomic E-state index is -3.31. The molecule has 16 heavy (non-hydrogen) atoms. The zero-order chi connectivity index (χ0) is 11.6. The van der Waals surface area contributed by atoms with E-state index in [1.54, 1.807) is 24.3 Å². The molecule has 0 amide bonds. The van der Waals surface area contributed by atoms with Crippen LogP contribution in [0.4, 0.5) is 0 Å². The molecule has 1 fully saturated rings. The fourth-order valence-corrected chi connectivity index (χ4v) is 3.14. The fourth-order valence-electron chi connectivity index (χ4n) is 1.70. The molecule has 0 saturated carbocycles. The average Bonchev–Trinajstić information content (AvgIpc) is 2.31. The van der Waals surface area contributed by atoms with Crippen molar-refractivity contribution in [2.75, 3.05) is 26.2 Å². The van der Waals surface area contributed by atoms with Crippen LogP contribution in [0.2, 0.25) is 0 Å². The minimum absolute atomic E-state index is 0.349. The zero-order valence-corrected chi connectivity index (χ0v) is 9.83. The number of benzene rings is 1. The smallest absolute Gasteiger partial charge is 0.243 e. The molecule has 87 valence electrons. The Morgan fingerprint density at radius 1 is 1.12 bits per heavy atom. The van der Waals surface area contributed by atoms with Crippen LogP contribution in [0, 0.1) is 6.92 Å². The minimum Gasteiger partial charge on any atom is -0.314 e. The third-order valence-corrected chi connectivity index (χ3v) is 4.55. The third-order valence-electron chi connectivity index (χ3n) is 2.64. The number of sulfonamides is 1. The number of rotatable bonds is 2. The number of hydrogen-bond acceptors (Lipinski definition) is 3. The van der Waals surface area contributed by atoms with Gasteiger partial charge in [0.2, 0.25) is 10.0 Å². The molecule has 4 nitrogen and oxygen atoms in total. The maximum absolute atomic E-state index is 12.2. The highest BCUT2D eigenvalue weighted by Gasteiger charge is 2.25. The molecule has 0 bridgehead atoms. The number of nitrogens with zero attached hydrogens (tertiary/aromatic N) is 1. The maximum Gasteiger partial charge on any atom is 0.243 e. The van der Waals surface area contributed by atoms with E-state index in [0.717, 1.165) is 5.56 Å². The second-order valence-corrected chi connectivity index (χ2v) is 5.74. The van der Waals surface area contributed by atoms with Crippen molar-refractivity contribution in [1.82, 2.24) is 9.62 Å². The molecular formula is C11H15N2O2S. The zero-order valence-electron chi connectivity index (χ0n) is 9.02. The van der Waals surface area contributed by atoms with Crippen LogP contribution in [0.1, 0.15) is 5.56 Å². The highest BCUT2D eigenvalue weighted by atomic mass is 32.2. The Morgan fingerprint density at radius 2 is 1.69 bits per heavy atom. The number of hydrogen-bond donors (Lipinski definition) is 1. The molecule has 1 heterocycles. The molecule has 1 aromatic rings. The lowest BCUT2D eigenvalue weighted by Gasteiger charge is -2.26. The Balaban J connectivity index is 2.27. The van der Waals surface area contributed by atoms with E-state index in [9.17, 15) is 8.42 Å². The maximum atomic E-state index is 12.2. The molecule has 5 heteroatoms. The molecule has 1 aromatic carbocycles. The highest BCUT2D eigenvalue weighted by molar-refractivity contribution is 7.89. The second kappa shape index (κ2) is 4.53. The van der Waals surface area contributed by atoms with Crippen molar-refractivity contribution in [3.63, 3.8) is 0 Å². The molecule has 0 spiro atoms. The van der Waals surface area contributed by atoms with Crippen LogP contribution in [0.25, 0.3) is 0 Å². The van der Waals surface area contributed by atoms with Gasteiger partial charge in [0, 0.05) is 26.2 Å². The van der Waals surface area contributed by atoms with Gasteiger partial charge in [-0.05, 0) is 24.6 Å². The molecule has 1 aliphatic rings. The Morgan fingerprint density at radius 3 is 2.25 bits per heavy atom. The van der Waals surface area contributed by atoms with E-state index in [1.807, 2.05) is 0 Å². The fraction of sp³-hybridized carbons (Fsp3) is 0.364. The molecule has 0 aliphatic carbocycles. The Bertz CT molecular complexity index is 447. The summed E-state index contributed by atoms with van der Waals surface area (Å²) in [5.74, 6) is 0. The van der Waals surface area contributed by atoms with Gasteiger partial charge in [-0.1, -0.05) is 12.1 Å². The van der Waals surface area contributed by atoms with Crippen molar-refractivity contribution >= 4 is 10.0 Å². The summed E-state index contributed by atoms with van der Waals surface area (Å²) in [5.41, 5.74) is 0.819. The molecule has 1 radical (unpaired) electrons. The molecule has 1 aliphatic heterocycles. The molecule has 0 aromatic heterocycles. The van der Waals surface area contributed by atoms with Crippen molar-refractivity contribution in [3.8, 4) is 0 Å². The Hall–Kier alpha value is -0.910. The average molecular weight is 239 g/mol. The predicted octanol–water partition coefficient (Wildman–Crippen LogP) is 0.463. The molecule has 0 atom stereocenters. The second-order valence-electron chi connectivity index (χ2n) is 3.80. The van der Waals surface area contributed by atoms with Gasteiger partial charge in [-0.15, -0.1) is 0 Å². The van der Waals surface area contributed by atoms with Crippen LogP contribution in [-0.4, -0.2) is 38.9 Å². The lowest BCUT2D eigenvalue weighted by atomic mass is 10.2. The SMILES string of the molecule is [CH2]c1ccc(S(=O)(=O)N2CCNCC2)cc1. The van der Waals surface area contributed by atoms with Crippen LogP contribution < -0.4 is 5.32 Å². The summed E-state index contributed by atoms with van der Waals surface area (Å²) in [6, 6.07) is 6.66. The van der Waals surface area contributed by atoms with Gasteiger partial charge in [-0.3, -0.25) is 0 Å². The normalized spacial score (nSPS) is 18.6. The van der Waals surface area contributed by atoms with E-state index in [0.29, 0.717) is 31.1 Å². The van der Waals surface area contributed by atoms with Crippen molar-refractivity contribution in [2.24, 2.45) is 0 Å². The van der Waals surface area contributed by atoms with E-state index >= 15 is 0 Å². The summed E-state index contributed by atoms with van der Waals surface area (Å²) >= 11 is 0. The van der Waals surface area contributed by atoms with Gasteiger partial charge in [0.05, 0.1) is 4.90 Å². The monoisotopic (exact) mass is 239 g/mol. The molecular weight excluding hydrogens is 224 g/mol. The number of nitrogens with one attached hydrogen (secondary N) is 1. The summed E-state index contributed by atoms with van der Waals surface area (Å²) in [4.78, 5) is 0.349. The standard InChI is InChI=1S/C11H15N2O2S/c1-10-2-4-11(5-3-10)16(14,15)13-8-6-12-7-9-13/h2-5,12H,1,6-9H2. The van der Waals surface area contributed by atoms with Gasteiger partial charge < -0.3 is 5.32 Å². The first-order valence-electron chi connectivity index (χ1n) is 5.23. The molecule has 1 N–H and O–H groups in total. The van der Waals surface area contributed by atoms with E-state index in [-0.39, 0.29) is 0 Å². The molecule has 0 unspecified atom stereocenters. The molecule has 2 rings (SSSR count). The van der Waals surface area contributed by atoms with Crippen LogP contribution in [0.5, 0.6) is 0 Å². The summed E-state index contributed by atoms with van der Waals surface area (Å²) in [6.45, 7) is 6.24. The van der Waals surface area contributed by atoms with E-state index in [1.165, 1.54) is 4.31 Å². The van der Waals surface area contributed by atoms with Gasteiger partial charge in [0.25, 0.3) is 0 Å². The van der Waals surface area contributed by atoms with Crippen molar-refractivity contribution < 1.29 is 8.42 Å². The van der Waals surface area contributed by atoms with Gasteiger partial charge in [0.15, 0.2) is 0 Å². The van der Waals surface area contributed by atoms with Crippen LogP contribution in [0.3, 0.4) is 0 Å². The summed E-state index contributed by atoms with van der Waals surface area (Å²) in [7, 11) is -3.31. The first-order valence-corrected chi connectivity index (χ1v) is 6.67. The number of piperazine rings is 1. The van der Waals surface area contributed by atoms with Gasteiger partial charge in [0.1, 0.15) is 0 Å². The topological polar surface area (TPSA) is 49.4 Å². The van der Waals surface area contributed by atoms with Crippen LogP contribution in [0.15, 0.2) is 29.2 Å². The first-order chi connectivity index (χ1) is 7.60. The largest absolute Gasteiger partial charge is 0.314 e. The van der Waals surface area contributed by atoms with Crippen LogP contribution >= 0.6 is 0 Å². The lowest BCUT2D eigenvalue weighted by Crippen LogP contribution is -2.46. The lowest BCUT2D eigenvalue weighted by molar-refractivity contribution is 0.360. The predicted molar refractivity (Wildman–Crippen MR) is 62.5 cm³/mol. The van der Waals surface area contributed by atoms with Gasteiger partial charge in [-0.2, -0.15) is 4.31 Å². The van der Waals surface area contributed by atoms with Crippen LogP contribution in [-0.2, 0) is 10.0 Å². The van der Waals surface area contributed by atoms with E-state index in [2.05, 4.69) is 12.2 Å². The van der Waals surface area contributed by atoms with E-state index < -0.39 is 10.0 Å². The Kier molecular flexibility index (Phi) is 3.28. The van der Waals surface area contributed by atoms with Gasteiger partial charge >= 0.3 is 0 Å². The van der Waals surface area contributed by atoms with Gasteiger partial charge in [-0.25, -0.2) is 8.42 Å². The van der Waals surface area contributed by atoms with Crippen molar-refractivity contribution in [3.05, 3.63) is 36.8 Å². The quantitative estimate of drug-likeness (QED) is 0.816. The summed E-state index contributed by atoms with van der Waals surface area (Å²) in [6.07, 6.45) is 0. The summed E-state index contributed by atoms with van der Waals surface area (Å²) in [5, 5.41) is 3.13. The third kappa shape index (κ3) is 2.26. The van der Waals surface area contributed by atoms with Crippen molar-refractivity contribution in [2.45, 2.75) is 4.90 Å². The van der Waals surface area contributed by atoms with E-state index in [4.69, 9.17) is 0 Å².